The van der Waals surface area contributed by atoms with Gasteiger partial charge in [0.2, 0.25) is 0 Å². The highest BCUT2D eigenvalue weighted by molar-refractivity contribution is 6.30. The zero-order chi connectivity index (χ0) is 13.8. The molecule has 6 heteroatoms. The number of halogens is 2. The van der Waals surface area contributed by atoms with Crippen LogP contribution in [0.25, 0.3) is 5.69 Å². The van der Waals surface area contributed by atoms with Crippen molar-refractivity contribution in [1.82, 2.24) is 20.3 Å². The maximum atomic E-state index is 13.1. The molecule has 0 saturated carbocycles. The molecule has 2 rings (SSSR count). The van der Waals surface area contributed by atoms with Gasteiger partial charge in [0, 0.05) is 6.54 Å². The van der Waals surface area contributed by atoms with Crippen LogP contribution in [0.2, 0.25) is 5.02 Å². The van der Waals surface area contributed by atoms with Crippen molar-refractivity contribution in [2.75, 3.05) is 6.54 Å². The normalized spacial score (nSPS) is 11.2. The van der Waals surface area contributed by atoms with Gasteiger partial charge >= 0.3 is 0 Å². The van der Waals surface area contributed by atoms with E-state index >= 15 is 0 Å². The Bertz CT molecular complexity index is 553. The molecule has 0 aliphatic heterocycles. The Hall–Kier alpha value is -1.46. The van der Waals surface area contributed by atoms with E-state index in [1.165, 1.54) is 12.1 Å². The van der Waals surface area contributed by atoms with Crippen LogP contribution in [0, 0.1) is 11.7 Å². The van der Waals surface area contributed by atoms with Crippen molar-refractivity contribution < 1.29 is 4.39 Å². The van der Waals surface area contributed by atoms with Gasteiger partial charge in [-0.25, -0.2) is 9.07 Å². The lowest BCUT2D eigenvalue weighted by molar-refractivity contribution is 0.542. The van der Waals surface area contributed by atoms with Gasteiger partial charge in [-0.2, -0.15) is 0 Å². The van der Waals surface area contributed by atoms with Crippen molar-refractivity contribution in [3.63, 3.8) is 0 Å². The minimum absolute atomic E-state index is 0.0779. The fourth-order valence-electron chi connectivity index (χ4n) is 1.70. The second-order valence-corrected chi connectivity index (χ2v) is 5.17. The van der Waals surface area contributed by atoms with E-state index in [9.17, 15) is 4.39 Å². The van der Waals surface area contributed by atoms with Crippen molar-refractivity contribution in [2.45, 2.75) is 20.4 Å². The molecular formula is C13H16ClFN4. The molecule has 1 heterocycles. The summed E-state index contributed by atoms with van der Waals surface area (Å²) in [6.07, 6.45) is 1.69. The number of hydrogen-bond donors (Lipinski definition) is 1. The number of rotatable bonds is 5. The molecule has 2 aromatic rings. The molecule has 1 aromatic carbocycles. The smallest absolute Gasteiger partial charge is 0.141 e. The summed E-state index contributed by atoms with van der Waals surface area (Å²) < 4.78 is 14.8. The minimum atomic E-state index is -0.440. The molecule has 0 bridgehead atoms. The molecule has 0 saturated heterocycles. The summed E-state index contributed by atoms with van der Waals surface area (Å²) in [5.41, 5.74) is 1.61. The Labute approximate surface area is 116 Å². The van der Waals surface area contributed by atoms with Crippen molar-refractivity contribution in [3.8, 4) is 5.69 Å². The fraction of sp³-hybridized carbons (Fsp3) is 0.385. The van der Waals surface area contributed by atoms with Crippen LogP contribution in [0.3, 0.4) is 0 Å². The molecule has 0 aliphatic carbocycles. The molecule has 102 valence electrons. The molecular weight excluding hydrogens is 267 g/mol. The Kier molecular flexibility index (Phi) is 4.50. The standard InChI is InChI=1S/C13H16ClFN4/c1-9(2)6-16-7-11-8-17-18-19(11)10-3-4-13(15)12(14)5-10/h3-5,8-9,16H,6-7H2,1-2H3. The van der Waals surface area contributed by atoms with Crippen molar-refractivity contribution in [3.05, 3.63) is 40.9 Å². The quantitative estimate of drug-likeness (QED) is 0.917. The molecule has 0 fully saturated rings. The predicted molar refractivity (Wildman–Crippen MR) is 72.9 cm³/mol. The first-order valence-corrected chi connectivity index (χ1v) is 6.51. The number of nitrogens with one attached hydrogen (secondary N) is 1. The van der Waals surface area contributed by atoms with Gasteiger partial charge in [-0.15, -0.1) is 5.10 Å². The highest BCUT2D eigenvalue weighted by Crippen LogP contribution is 2.19. The van der Waals surface area contributed by atoms with Gasteiger partial charge in [0.15, 0.2) is 0 Å². The first kappa shape index (κ1) is 14.0. The van der Waals surface area contributed by atoms with Gasteiger partial charge in [-0.1, -0.05) is 30.7 Å². The average Bonchev–Trinajstić information content (AvgIpc) is 2.80. The summed E-state index contributed by atoms with van der Waals surface area (Å²) in [5.74, 6) is 0.134. The van der Waals surface area contributed by atoms with E-state index in [4.69, 9.17) is 11.6 Å². The van der Waals surface area contributed by atoms with E-state index in [1.807, 2.05) is 0 Å². The lowest BCUT2D eigenvalue weighted by Gasteiger charge is -2.09. The largest absolute Gasteiger partial charge is 0.311 e. The first-order valence-electron chi connectivity index (χ1n) is 6.13. The summed E-state index contributed by atoms with van der Waals surface area (Å²) >= 11 is 5.78. The van der Waals surface area contributed by atoms with Crippen LogP contribution in [-0.4, -0.2) is 21.5 Å². The minimum Gasteiger partial charge on any atom is -0.311 e. The monoisotopic (exact) mass is 282 g/mol. The van der Waals surface area contributed by atoms with Crippen LogP contribution in [-0.2, 0) is 6.54 Å². The first-order chi connectivity index (χ1) is 9.08. The Morgan fingerprint density at radius 2 is 2.21 bits per heavy atom. The third-order valence-corrected chi connectivity index (χ3v) is 2.92. The van der Waals surface area contributed by atoms with E-state index in [-0.39, 0.29) is 5.02 Å². The molecule has 0 aliphatic rings. The van der Waals surface area contributed by atoms with Gasteiger partial charge in [-0.05, 0) is 30.7 Å². The molecule has 1 N–H and O–H groups in total. The topological polar surface area (TPSA) is 42.7 Å². The number of hydrogen-bond acceptors (Lipinski definition) is 3. The second-order valence-electron chi connectivity index (χ2n) is 4.76. The lowest BCUT2D eigenvalue weighted by atomic mass is 10.2. The zero-order valence-electron chi connectivity index (χ0n) is 10.9. The number of benzene rings is 1. The maximum absolute atomic E-state index is 13.1. The number of aromatic nitrogens is 3. The van der Waals surface area contributed by atoms with Crippen LogP contribution in [0.1, 0.15) is 19.5 Å². The van der Waals surface area contributed by atoms with Crippen LogP contribution in [0.5, 0.6) is 0 Å². The summed E-state index contributed by atoms with van der Waals surface area (Å²) in [7, 11) is 0. The summed E-state index contributed by atoms with van der Waals surface area (Å²) in [4.78, 5) is 0. The molecule has 0 amide bonds. The Morgan fingerprint density at radius 3 is 2.89 bits per heavy atom. The van der Waals surface area contributed by atoms with Gasteiger partial charge in [0.05, 0.1) is 22.6 Å². The molecule has 0 spiro atoms. The molecule has 0 atom stereocenters. The third kappa shape index (κ3) is 3.52. The molecule has 19 heavy (non-hydrogen) atoms. The van der Waals surface area contributed by atoms with Gasteiger partial charge in [-0.3, -0.25) is 0 Å². The van der Waals surface area contributed by atoms with E-state index in [0.717, 1.165) is 12.2 Å². The van der Waals surface area contributed by atoms with Crippen molar-refractivity contribution in [1.29, 1.82) is 0 Å². The Morgan fingerprint density at radius 1 is 1.42 bits per heavy atom. The SMILES string of the molecule is CC(C)CNCc1cnnn1-c1ccc(F)c(Cl)c1. The van der Waals surface area contributed by atoms with Crippen molar-refractivity contribution >= 4 is 11.6 Å². The second kappa shape index (κ2) is 6.12. The zero-order valence-corrected chi connectivity index (χ0v) is 11.7. The highest BCUT2D eigenvalue weighted by Gasteiger charge is 2.08. The molecule has 4 nitrogen and oxygen atoms in total. The van der Waals surface area contributed by atoms with Gasteiger partial charge in [0.25, 0.3) is 0 Å². The fourth-order valence-corrected chi connectivity index (χ4v) is 1.87. The third-order valence-electron chi connectivity index (χ3n) is 2.63. The maximum Gasteiger partial charge on any atom is 0.141 e. The highest BCUT2D eigenvalue weighted by atomic mass is 35.5. The van der Waals surface area contributed by atoms with E-state index < -0.39 is 5.82 Å². The van der Waals surface area contributed by atoms with Crippen LogP contribution in [0.15, 0.2) is 24.4 Å². The number of nitrogens with zero attached hydrogens (tertiary/aromatic N) is 3. The van der Waals surface area contributed by atoms with Gasteiger partial charge in [0.1, 0.15) is 5.82 Å². The summed E-state index contributed by atoms with van der Waals surface area (Å²) in [5, 5.41) is 11.3. The van der Waals surface area contributed by atoms with E-state index in [1.54, 1.807) is 16.9 Å². The molecule has 0 unspecified atom stereocenters. The van der Waals surface area contributed by atoms with Crippen LogP contribution in [0.4, 0.5) is 4.39 Å². The van der Waals surface area contributed by atoms with Gasteiger partial charge < -0.3 is 5.32 Å². The van der Waals surface area contributed by atoms with E-state index in [2.05, 4.69) is 29.5 Å². The van der Waals surface area contributed by atoms with Crippen LogP contribution >= 0.6 is 11.6 Å². The average molecular weight is 283 g/mol. The summed E-state index contributed by atoms with van der Waals surface area (Å²) in [6.45, 7) is 5.85. The Balaban J connectivity index is 2.16. The van der Waals surface area contributed by atoms with E-state index in [0.29, 0.717) is 18.2 Å². The van der Waals surface area contributed by atoms with Crippen LogP contribution < -0.4 is 5.32 Å². The molecule has 1 aromatic heterocycles. The lowest BCUT2D eigenvalue weighted by Crippen LogP contribution is -2.20. The summed E-state index contributed by atoms with van der Waals surface area (Å²) in [6, 6.07) is 4.49. The van der Waals surface area contributed by atoms with Crippen molar-refractivity contribution in [2.24, 2.45) is 5.92 Å². The predicted octanol–water partition coefficient (Wildman–Crippen LogP) is 2.81. The molecule has 0 radical (unpaired) electrons.